The van der Waals surface area contributed by atoms with Gasteiger partial charge in [0.05, 0.1) is 17.7 Å². The Kier molecular flexibility index (Phi) is 5.09. The maximum Gasteiger partial charge on any atom is 0.416 e. The van der Waals surface area contributed by atoms with Gasteiger partial charge in [-0.3, -0.25) is 4.79 Å². The lowest BCUT2D eigenvalue weighted by Crippen LogP contribution is -2.48. The molecule has 0 unspecified atom stereocenters. The summed E-state index contributed by atoms with van der Waals surface area (Å²) >= 11 is 0. The maximum atomic E-state index is 13.0. The molecule has 1 aliphatic heterocycles. The Morgan fingerprint density at radius 3 is 2.18 bits per heavy atom. The number of halogens is 6. The van der Waals surface area contributed by atoms with Crippen LogP contribution in [0, 0.1) is 0 Å². The second-order valence-electron chi connectivity index (χ2n) is 6.09. The van der Waals surface area contributed by atoms with Gasteiger partial charge in [0.2, 0.25) is 5.91 Å². The normalized spacial score (nSPS) is 15.4. The fourth-order valence-electron chi connectivity index (χ4n) is 2.70. The zero-order chi connectivity index (χ0) is 20.5. The summed E-state index contributed by atoms with van der Waals surface area (Å²) in [5.41, 5.74) is -2.95. The molecular weight excluding hydrogens is 390 g/mol. The van der Waals surface area contributed by atoms with E-state index in [0.29, 0.717) is 31.0 Å². The van der Waals surface area contributed by atoms with E-state index < -0.39 is 23.5 Å². The minimum Gasteiger partial charge on any atom is -0.355 e. The molecule has 2 heterocycles. The van der Waals surface area contributed by atoms with E-state index in [4.69, 9.17) is 0 Å². The minimum atomic E-state index is -4.93. The summed E-state index contributed by atoms with van der Waals surface area (Å²) in [6, 6.07) is 4.12. The molecule has 0 saturated carbocycles. The fraction of sp³-hybridized carbons (Fsp3) is 0.294. The van der Waals surface area contributed by atoms with Crippen LogP contribution in [0.3, 0.4) is 0 Å². The van der Waals surface area contributed by atoms with Crippen molar-refractivity contribution in [1.29, 1.82) is 0 Å². The van der Waals surface area contributed by atoms with Crippen molar-refractivity contribution in [1.82, 2.24) is 10.3 Å². The van der Waals surface area contributed by atoms with Crippen molar-refractivity contribution in [3.8, 4) is 0 Å². The molecule has 150 valence electrons. The number of hydrogen-bond acceptors (Lipinski definition) is 4. The molecule has 2 N–H and O–H groups in total. The van der Waals surface area contributed by atoms with Gasteiger partial charge in [-0.25, -0.2) is 4.98 Å². The van der Waals surface area contributed by atoms with E-state index in [0.717, 1.165) is 0 Å². The van der Waals surface area contributed by atoms with E-state index in [-0.39, 0.29) is 29.9 Å². The number of hydrogen-bond donors (Lipinski definition) is 2. The molecule has 2 aromatic rings. The Hall–Kier alpha value is -2.98. The average Bonchev–Trinajstić information content (AvgIpc) is 2.60. The van der Waals surface area contributed by atoms with E-state index in [1.165, 1.54) is 18.3 Å². The number of carbonyl (C=O) groups excluding carboxylic acids is 1. The van der Waals surface area contributed by atoms with Gasteiger partial charge >= 0.3 is 12.4 Å². The molecule has 5 nitrogen and oxygen atoms in total. The van der Waals surface area contributed by atoms with Crippen LogP contribution >= 0.6 is 0 Å². The molecular formula is C17H14F6N4O. The Morgan fingerprint density at radius 2 is 1.61 bits per heavy atom. The number of pyridine rings is 1. The standard InChI is InChI=1S/C17H14F6N4O/c18-16(19,20)10-5-11(17(21,22)23)7-13(6-10)26-12-1-2-24-14(8-12)27-4-3-25-15(28)9-27/h1-2,5-8H,3-4,9H2,(H,24,26)(H,25,28). The first kappa shape index (κ1) is 19.8. The molecule has 0 atom stereocenters. The van der Waals surface area contributed by atoms with Gasteiger partial charge in [-0.2, -0.15) is 26.3 Å². The lowest BCUT2D eigenvalue weighted by molar-refractivity contribution is -0.143. The van der Waals surface area contributed by atoms with Crippen molar-refractivity contribution in [3.05, 3.63) is 47.7 Å². The van der Waals surface area contributed by atoms with Crippen molar-refractivity contribution >= 4 is 23.1 Å². The van der Waals surface area contributed by atoms with Crippen molar-refractivity contribution in [3.63, 3.8) is 0 Å². The lowest BCUT2D eigenvalue weighted by Gasteiger charge is -2.27. The summed E-state index contributed by atoms with van der Waals surface area (Å²) < 4.78 is 77.8. The Balaban J connectivity index is 1.91. The quantitative estimate of drug-likeness (QED) is 0.765. The third kappa shape index (κ3) is 4.65. The molecule has 1 aliphatic rings. The number of piperazine rings is 1. The smallest absolute Gasteiger partial charge is 0.355 e. The maximum absolute atomic E-state index is 13.0. The Labute approximate surface area is 155 Å². The number of carbonyl (C=O) groups is 1. The highest BCUT2D eigenvalue weighted by Gasteiger charge is 2.37. The summed E-state index contributed by atoms with van der Waals surface area (Å²) in [5.74, 6) is 0.169. The van der Waals surface area contributed by atoms with Gasteiger partial charge in [0.25, 0.3) is 0 Å². The van der Waals surface area contributed by atoms with E-state index in [2.05, 4.69) is 15.6 Å². The first-order valence-electron chi connectivity index (χ1n) is 8.06. The summed E-state index contributed by atoms with van der Waals surface area (Å²) in [7, 11) is 0. The molecule has 1 aromatic heterocycles. The van der Waals surface area contributed by atoms with Gasteiger partial charge in [0.1, 0.15) is 5.82 Å². The molecule has 1 aromatic carbocycles. The fourth-order valence-corrected chi connectivity index (χ4v) is 2.70. The van der Waals surface area contributed by atoms with Crippen LogP contribution < -0.4 is 15.5 Å². The Morgan fingerprint density at radius 1 is 0.964 bits per heavy atom. The highest BCUT2D eigenvalue weighted by atomic mass is 19.4. The molecule has 1 fully saturated rings. The van der Waals surface area contributed by atoms with E-state index in [1.54, 1.807) is 4.90 Å². The predicted molar refractivity (Wildman–Crippen MR) is 89.2 cm³/mol. The van der Waals surface area contributed by atoms with Crippen LogP contribution in [0.2, 0.25) is 0 Å². The van der Waals surface area contributed by atoms with Crippen LogP contribution in [0.1, 0.15) is 11.1 Å². The van der Waals surface area contributed by atoms with E-state index in [1.807, 2.05) is 0 Å². The molecule has 0 bridgehead atoms. The lowest BCUT2D eigenvalue weighted by atomic mass is 10.1. The SMILES string of the molecule is O=C1CN(c2cc(Nc3cc(C(F)(F)F)cc(C(F)(F)F)c3)ccn2)CCN1. The molecule has 0 spiro atoms. The molecule has 3 rings (SSSR count). The zero-order valence-corrected chi connectivity index (χ0v) is 14.2. The van der Waals surface area contributed by atoms with Gasteiger partial charge in [0.15, 0.2) is 0 Å². The molecule has 0 aliphatic carbocycles. The molecule has 1 amide bonds. The average molecular weight is 404 g/mol. The van der Waals surface area contributed by atoms with Crippen LogP contribution in [-0.4, -0.2) is 30.5 Å². The monoisotopic (exact) mass is 404 g/mol. The number of alkyl halides is 6. The van der Waals surface area contributed by atoms with Crippen molar-refractivity contribution < 1.29 is 31.1 Å². The summed E-state index contributed by atoms with van der Waals surface area (Å²) in [6.07, 6.45) is -8.51. The molecule has 0 radical (unpaired) electrons. The van der Waals surface area contributed by atoms with Crippen LogP contribution in [-0.2, 0) is 17.1 Å². The van der Waals surface area contributed by atoms with Crippen molar-refractivity contribution in [2.45, 2.75) is 12.4 Å². The summed E-state index contributed by atoms with van der Waals surface area (Å²) in [6.45, 7) is 0.933. The first-order chi connectivity index (χ1) is 13.0. The zero-order valence-electron chi connectivity index (χ0n) is 14.2. The van der Waals surface area contributed by atoms with Crippen molar-refractivity contribution in [2.75, 3.05) is 29.9 Å². The topological polar surface area (TPSA) is 57.3 Å². The van der Waals surface area contributed by atoms with E-state index in [9.17, 15) is 31.1 Å². The second-order valence-corrected chi connectivity index (χ2v) is 6.09. The van der Waals surface area contributed by atoms with Crippen LogP contribution in [0.5, 0.6) is 0 Å². The molecule has 1 saturated heterocycles. The number of benzene rings is 1. The first-order valence-corrected chi connectivity index (χ1v) is 8.06. The van der Waals surface area contributed by atoms with E-state index >= 15 is 0 Å². The summed E-state index contributed by atoms with van der Waals surface area (Å²) in [4.78, 5) is 17.2. The van der Waals surface area contributed by atoms with Crippen LogP contribution in [0.25, 0.3) is 0 Å². The number of nitrogens with zero attached hydrogens (tertiary/aromatic N) is 2. The summed E-state index contributed by atoms with van der Waals surface area (Å²) in [5, 5.41) is 5.19. The van der Waals surface area contributed by atoms with Gasteiger partial charge in [-0.15, -0.1) is 0 Å². The third-order valence-electron chi connectivity index (χ3n) is 3.98. The highest BCUT2D eigenvalue weighted by molar-refractivity contribution is 5.82. The molecule has 28 heavy (non-hydrogen) atoms. The number of rotatable bonds is 3. The van der Waals surface area contributed by atoms with Crippen molar-refractivity contribution in [2.24, 2.45) is 0 Å². The number of aromatic nitrogens is 1. The third-order valence-corrected chi connectivity index (χ3v) is 3.98. The van der Waals surface area contributed by atoms with Gasteiger partial charge in [-0.1, -0.05) is 0 Å². The number of amides is 1. The molecule has 11 heteroatoms. The second kappa shape index (κ2) is 7.21. The Bertz CT molecular complexity index is 848. The minimum absolute atomic E-state index is 0.0538. The predicted octanol–water partition coefficient (Wildman–Crippen LogP) is 3.80. The van der Waals surface area contributed by atoms with Crippen LogP contribution in [0.4, 0.5) is 43.5 Å². The largest absolute Gasteiger partial charge is 0.416 e. The highest BCUT2D eigenvalue weighted by Crippen LogP contribution is 2.38. The van der Waals surface area contributed by atoms with Gasteiger partial charge < -0.3 is 15.5 Å². The van der Waals surface area contributed by atoms with Gasteiger partial charge in [-0.05, 0) is 24.3 Å². The van der Waals surface area contributed by atoms with Crippen LogP contribution in [0.15, 0.2) is 36.5 Å². The number of nitrogens with one attached hydrogen (secondary N) is 2. The number of anilines is 3. The van der Waals surface area contributed by atoms with Gasteiger partial charge in [0, 0.05) is 36.7 Å².